The van der Waals surface area contributed by atoms with E-state index in [1.807, 2.05) is 13.0 Å². The molecular formula is C20H30BN4O2. The van der Waals surface area contributed by atoms with Crippen LogP contribution in [-0.2, 0) is 4.79 Å². The number of carbonyl (C=O) groups is 1. The van der Waals surface area contributed by atoms with E-state index in [2.05, 4.69) is 38.7 Å². The van der Waals surface area contributed by atoms with E-state index in [1.54, 1.807) is 0 Å². The molecule has 1 aliphatic carbocycles. The van der Waals surface area contributed by atoms with Crippen molar-refractivity contribution in [2.24, 2.45) is 21.3 Å². The molecule has 145 valence electrons. The zero-order valence-electron chi connectivity index (χ0n) is 16.8. The number of aliphatic carboxylic acids is 1. The number of rotatable bonds is 7. The Hall–Kier alpha value is -2.05. The van der Waals surface area contributed by atoms with Gasteiger partial charge in [-0.1, -0.05) is 26.8 Å². The maximum absolute atomic E-state index is 11.5. The number of hydrogen-bond acceptors (Lipinski definition) is 5. The van der Waals surface area contributed by atoms with Crippen molar-refractivity contribution in [3.63, 3.8) is 0 Å². The van der Waals surface area contributed by atoms with Crippen LogP contribution in [0.15, 0.2) is 32.9 Å². The molecule has 3 N–H and O–H groups in total. The van der Waals surface area contributed by atoms with Crippen LogP contribution in [0.25, 0.3) is 0 Å². The van der Waals surface area contributed by atoms with Crippen LogP contribution in [0.1, 0.15) is 53.4 Å². The van der Waals surface area contributed by atoms with Gasteiger partial charge in [-0.05, 0) is 44.1 Å². The number of nitrogens with one attached hydrogen (secondary N) is 2. The number of carboxylic acids is 1. The summed E-state index contributed by atoms with van der Waals surface area (Å²) in [6, 6.07) is 0.363. The fraction of sp³-hybridized carbons (Fsp3) is 0.650. The summed E-state index contributed by atoms with van der Waals surface area (Å²) in [6.07, 6.45) is 5.00. The summed E-state index contributed by atoms with van der Waals surface area (Å²) in [4.78, 5) is 21.0. The van der Waals surface area contributed by atoms with E-state index in [9.17, 15) is 9.90 Å². The quantitative estimate of drug-likeness (QED) is 0.602. The molecule has 0 aromatic carbocycles. The van der Waals surface area contributed by atoms with Crippen molar-refractivity contribution in [1.29, 1.82) is 0 Å². The highest BCUT2D eigenvalue weighted by atomic mass is 16.4. The lowest BCUT2D eigenvalue weighted by Crippen LogP contribution is -2.37. The highest BCUT2D eigenvalue weighted by Crippen LogP contribution is 2.36. The smallest absolute Gasteiger partial charge is 0.309 e. The first-order valence-electron chi connectivity index (χ1n) is 10.00. The summed E-state index contributed by atoms with van der Waals surface area (Å²) < 4.78 is 0. The molecule has 3 aliphatic rings. The molecule has 0 amide bonds. The summed E-state index contributed by atoms with van der Waals surface area (Å²) in [5.41, 5.74) is 2.44. The predicted octanol–water partition coefficient (Wildman–Crippen LogP) is 2.50. The van der Waals surface area contributed by atoms with Gasteiger partial charge in [0.05, 0.1) is 12.0 Å². The molecule has 27 heavy (non-hydrogen) atoms. The number of allylic oxidation sites excluding steroid dienone is 2. The second-order valence-corrected chi connectivity index (χ2v) is 8.31. The number of nitrogens with zero attached hydrogens (tertiary/aromatic N) is 2. The molecule has 2 aliphatic heterocycles. The Morgan fingerprint density at radius 1 is 1.52 bits per heavy atom. The topological polar surface area (TPSA) is 86.1 Å². The minimum atomic E-state index is -0.719. The summed E-state index contributed by atoms with van der Waals surface area (Å²) in [5.74, 6) is 1.59. The standard InChI is InChI=1S/C20H30BN4O2/c1-5-10-22-17-15(18-23-11-14(24-18)12(2)3)21-16(25-17)13-6-8-20(4,9-7-13)19(26)27/h6,12,14,22H,5,7-11H2,1-4H3,(H,23,24)(H,26,27). The molecule has 0 saturated heterocycles. The van der Waals surface area contributed by atoms with Gasteiger partial charge in [-0.3, -0.25) is 9.79 Å². The SMILES string of the molecule is CCCNC1=C(C2=NCC(C(C)C)N2)[B]C(C2=CCC(C)(C(=O)O)CC2)=N1. The Balaban J connectivity index is 1.76. The van der Waals surface area contributed by atoms with Crippen LogP contribution < -0.4 is 10.6 Å². The van der Waals surface area contributed by atoms with E-state index in [-0.39, 0.29) is 0 Å². The molecule has 0 fully saturated rings. The van der Waals surface area contributed by atoms with Crippen LogP contribution in [0.2, 0.25) is 0 Å². The first-order valence-corrected chi connectivity index (χ1v) is 10.00. The normalized spacial score (nSPS) is 27.7. The number of hydrogen-bond donors (Lipinski definition) is 3. The molecule has 0 aromatic heterocycles. The zero-order valence-corrected chi connectivity index (χ0v) is 16.8. The maximum atomic E-state index is 11.5. The Morgan fingerprint density at radius 3 is 2.85 bits per heavy atom. The van der Waals surface area contributed by atoms with E-state index in [0.717, 1.165) is 54.2 Å². The molecule has 0 bridgehead atoms. The highest BCUT2D eigenvalue weighted by molar-refractivity contribution is 6.88. The third-order valence-corrected chi connectivity index (χ3v) is 5.73. The predicted molar refractivity (Wildman–Crippen MR) is 110 cm³/mol. The van der Waals surface area contributed by atoms with Crippen LogP contribution >= 0.6 is 0 Å². The van der Waals surface area contributed by atoms with Gasteiger partial charge in [0, 0.05) is 23.7 Å². The summed E-state index contributed by atoms with van der Waals surface area (Å²) in [5, 5.41) is 16.4. The molecule has 2 atom stereocenters. The van der Waals surface area contributed by atoms with Crippen molar-refractivity contribution in [2.45, 2.75) is 59.4 Å². The number of amidine groups is 1. The second-order valence-electron chi connectivity index (χ2n) is 8.31. The number of carboxylic acid groups (broad SMARTS) is 1. The third kappa shape index (κ3) is 4.12. The molecule has 0 aromatic rings. The molecule has 0 saturated carbocycles. The zero-order chi connectivity index (χ0) is 19.6. The molecule has 3 rings (SSSR count). The van der Waals surface area contributed by atoms with Gasteiger partial charge in [0.2, 0.25) is 7.28 Å². The molecular weight excluding hydrogens is 339 g/mol. The first-order chi connectivity index (χ1) is 12.8. The summed E-state index contributed by atoms with van der Waals surface area (Å²) >= 11 is 0. The Labute approximate surface area is 162 Å². The molecule has 2 unspecified atom stereocenters. The van der Waals surface area contributed by atoms with Crippen LogP contribution in [0, 0.1) is 11.3 Å². The van der Waals surface area contributed by atoms with Crippen LogP contribution in [0.4, 0.5) is 0 Å². The van der Waals surface area contributed by atoms with Crippen molar-refractivity contribution >= 4 is 24.7 Å². The van der Waals surface area contributed by atoms with Crippen LogP contribution in [-0.4, -0.2) is 48.9 Å². The lowest BCUT2D eigenvalue weighted by molar-refractivity contribution is -0.148. The van der Waals surface area contributed by atoms with E-state index < -0.39 is 11.4 Å². The highest BCUT2D eigenvalue weighted by Gasteiger charge is 2.37. The van der Waals surface area contributed by atoms with Gasteiger partial charge in [-0.2, -0.15) is 0 Å². The van der Waals surface area contributed by atoms with E-state index in [4.69, 9.17) is 9.98 Å². The average Bonchev–Trinajstić information content (AvgIpc) is 3.27. The van der Waals surface area contributed by atoms with E-state index in [0.29, 0.717) is 24.8 Å². The van der Waals surface area contributed by atoms with Gasteiger partial charge in [0.25, 0.3) is 0 Å². The molecule has 1 radical (unpaired) electrons. The Morgan fingerprint density at radius 2 is 2.30 bits per heavy atom. The second kappa shape index (κ2) is 7.91. The lowest BCUT2D eigenvalue weighted by atomic mass is 9.61. The van der Waals surface area contributed by atoms with Crippen LogP contribution in [0.3, 0.4) is 0 Å². The van der Waals surface area contributed by atoms with E-state index >= 15 is 0 Å². The van der Waals surface area contributed by atoms with Gasteiger partial charge in [-0.15, -0.1) is 0 Å². The molecule has 6 nitrogen and oxygen atoms in total. The fourth-order valence-electron chi connectivity index (χ4n) is 3.53. The first kappa shape index (κ1) is 19.7. The minimum absolute atomic E-state index is 0.363. The van der Waals surface area contributed by atoms with Crippen molar-refractivity contribution in [3.8, 4) is 0 Å². The largest absolute Gasteiger partial charge is 0.481 e. The van der Waals surface area contributed by atoms with Gasteiger partial charge < -0.3 is 15.7 Å². The average molecular weight is 369 g/mol. The Kier molecular flexibility index (Phi) is 5.77. The molecule has 2 heterocycles. The molecule has 7 heteroatoms. The third-order valence-electron chi connectivity index (χ3n) is 5.73. The van der Waals surface area contributed by atoms with Crippen molar-refractivity contribution in [2.75, 3.05) is 13.1 Å². The van der Waals surface area contributed by atoms with Crippen molar-refractivity contribution in [3.05, 3.63) is 22.9 Å². The van der Waals surface area contributed by atoms with Crippen LogP contribution in [0.5, 0.6) is 0 Å². The fourth-order valence-corrected chi connectivity index (χ4v) is 3.53. The minimum Gasteiger partial charge on any atom is -0.481 e. The van der Waals surface area contributed by atoms with Crippen molar-refractivity contribution < 1.29 is 9.90 Å². The van der Waals surface area contributed by atoms with Gasteiger partial charge in [-0.25, -0.2) is 4.99 Å². The maximum Gasteiger partial charge on any atom is 0.309 e. The summed E-state index contributed by atoms with van der Waals surface area (Å²) in [7, 11) is 2.10. The lowest BCUT2D eigenvalue weighted by Gasteiger charge is -2.28. The van der Waals surface area contributed by atoms with Gasteiger partial charge in [0.15, 0.2) is 0 Å². The van der Waals surface area contributed by atoms with Gasteiger partial charge >= 0.3 is 5.97 Å². The number of aliphatic imine (C=N–C) groups is 2. The van der Waals surface area contributed by atoms with Gasteiger partial charge in [0.1, 0.15) is 11.7 Å². The summed E-state index contributed by atoms with van der Waals surface area (Å²) in [6.45, 7) is 10.0. The van der Waals surface area contributed by atoms with E-state index in [1.165, 1.54) is 0 Å². The Bertz CT molecular complexity index is 738. The van der Waals surface area contributed by atoms with Crippen molar-refractivity contribution in [1.82, 2.24) is 10.6 Å². The molecule has 0 spiro atoms. The monoisotopic (exact) mass is 369 g/mol.